The number of hydrogen-bond donors (Lipinski definition) is 1. The van der Waals surface area contributed by atoms with Gasteiger partial charge in [0.05, 0.1) is 17.6 Å². The van der Waals surface area contributed by atoms with Gasteiger partial charge in [0.15, 0.2) is 0 Å². The van der Waals surface area contributed by atoms with Crippen LogP contribution >= 0.6 is 23.2 Å². The minimum absolute atomic E-state index is 0.0189. The van der Waals surface area contributed by atoms with E-state index in [1.807, 2.05) is 12.1 Å². The third-order valence-corrected chi connectivity index (χ3v) is 6.79. The first-order chi connectivity index (χ1) is 15.9. The lowest BCUT2D eigenvalue weighted by molar-refractivity contribution is -0.127. The van der Waals surface area contributed by atoms with Crippen LogP contribution in [0.4, 0.5) is 0 Å². The Kier molecular flexibility index (Phi) is 7.68. The van der Waals surface area contributed by atoms with Crippen molar-refractivity contribution in [2.24, 2.45) is 5.92 Å². The van der Waals surface area contributed by atoms with E-state index in [9.17, 15) is 4.79 Å². The van der Waals surface area contributed by atoms with Crippen LogP contribution in [0.25, 0.3) is 11.4 Å². The van der Waals surface area contributed by atoms with Crippen molar-refractivity contribution in [2.75, 3.05) is 13.1 Å². The van der Waals surface area contributed by atoms with Crippen molar-refractivity contribution in [3.8, 4) is 11.4 Å². The molecule has 1 aromatic heterocycles. The molecule has 1 aliphatic rings. The summed E-state index contributed by atoms with van der Waals surface area (Å²) in [6.45, 7) is 6.35. The van der Waals surface area contributed by atoms with Crippen LogP contribution in [0.5, 0.6) is 0 Å². The third-order valence-electron chi connectivity index (χ3n) is 6.25. The van der Waals surface area contributed by atoms with Crippen molar-refractivity contribution in [2.45, 2.75) is 45.7 Å². The number of piperidine rings is 1. The van der Waals surface area contributed by atoms with Gasteiger partial charge in [-0.3, -0.25) is 9.69 Å². The quantitative estimate of drug-likeness (QED) is 0.454. The van der Waals surface area contributed by atoms with Crippen LogP contribution in [0.3, 0.4) is 0 Å². The average Bonchev–Trinajstić information content (AvgIpc) is 3.26. The fourth-order valence-corrected chi connectivity index (χ4v) is 4.80. The summed E-state index contributed by atoms with van der Waals surface area (Å²) in [7, 11) is 0. The van der Waals surface area contributed by atoms with Crippen LogP contribution in [0.1, 0.15) is 49.2 Å². The van der Waals surface area contributed by atoms with Crippen molar-refractivity contribution in [1.82, 2.24) is 20.4 Å². The van der Waals surface area contributed by atoms with Crippen LogP contribution in [0.15, 0.2) is 47.0 Å². The van der Waals surface area contributed by atoms with Crippen molar-refractivity contribution < 1.29 is 9.32 Å². The van der Waals surface area contributed by atoms with Gasteiger partial charge in [0.25, 0.3) is 0 Å². The lowest BCUT2D eigenvalue weighted by Gasteiger charge is -2.31. The molecule has 0 spiro atoms. The lowest BCUT2D eigenvalue weighted by Crippen LogP contribution is -2.41. The second kappa shape index (κ2) is 10.7. The number of amides is 1. The first-order valence-electron chi connectivity index (χ1n) is 11.3. The molecule has 0 saturated carbocycles. The van der Waals surface area contributed by atoms with E-state index in [-0.39, 0.29) is 17.9 Å². The molecule has 4 rings (SSSR count). The molecule has 0 radical (unpaired) electrons. The molecule has 1 amide bonds. The van der Waals surface area contributed by atoms with Gasteiger partial charge in [-0.25, -0.2) is 0 Å². The largest absolute Gasteiger partial charge is 0.349 e. The molecule has 3 aromatic rings. The van der Waals surface area contributed by atoms with Crippen molar-refractivity contribution in [1.29, 1.82) is 0 Å². The highest BCUT2D eigenvalue weighted by Gasteiger charge is 2.27. The summed E-state index contributed by atoms with van der Waals surface area (Å²) in [5.41, 5.74) is 3.09. The number of aryl methyl sites for hydroxylation is 1. The molecule has 174 valence electrons. The maximum atomic E-state index is 12.9. The van der Waals surface area contributed by atoms with E-state index < -0.39 is 0 Å². The monoisotopic (exact) mass is 486 g/mol. The Morgan fingerprint density at radius 3 is 2.67 bits per heavy atom. The van der Waals surface area contributed by atoms with E-state index >= 15 is 0 Å². The third kappa shape index (κ3) is 5.75. The number of benzene rings is 2. The summed E-state index contributed by atoms with van der Waals surface area (Å²) >= 11 is 12.2. The van der Waals surface area contributed by atoms with Gasteiger partial charge in [-0.1, -0.05) is 59.5 Å². The smallest absolute Gasteiger partial charge is 0.241 e. The summed E-state index contributed by atoms with van der Waals surface area (Å²) in [5.74, 6) is 1.14. The summed E-state index contributed by atoms with van der Waals surface area (Å²) in [5, 5.41) is 8.37. The molecular formula is C25H28Cl2N4O2. The van der Waals surface area contributed by atoms with Crippen LogP contribution in [-0.2, 0) is 11.3 Å². The van der Waals surface area contributed by atoms with Crippen LogP contribution in [0, 0.1) is 12.8 Å². The van der Waals surface area contributed by atoms with Crippen molar-refractivity contribution >= 4 is 29.1 Å². The molecule has 33 heavy (non-hydrogen) atoms. The Balaban J connectivity index is 1.30. The highest BCUT2D eigenvalue weighted by molar-refractivity contribution is 6.36. The standard InChI is InChI=1S/C25H28Cl2N4O2/c1-3-22(19-7-5-4-6-16(19)2)28-25(32)17-10-12-31(13-11-17)15-23-29-24(30-33-23)20-9-8-18(26)14-21(20)27/h4-9,14,17,22H,3,10-13,15H2,1-2H3,(H,28,32). The second-order valence-corrected chi connectivity index (χ2v) is 9.36. The first kappa shape index (κ1) is 23.7. The van der Waals surface area contributed by atoms with Crippen LogP contribution in [0.2, 0.25) is 10.0 Å². The Morgan fingerprint density at radius 2 is 1.97 bits per heavy atom. The van der Waals surface area contributed by atoms with Crippen molar-refractivity contribution in [3.05, 3.63) is 69.5 Å². The normalized spacial score (nSPS) is 16.0. The summed E-state index contributed by atoms with van der Waals surface area (Å²) in [6.07, 6.45) is 2.48. The molecule has 1 saturated heterocycles. The van der Waals surface area contributed by atoms with E-state index in [1.54, 1.807) is 18.2 Å². The Morgan fingerprint density at radius 1 is 1.21 bits per heavy atom. The molecule has 1 fully saturated rings. The molecule has 1 unspecified atom stereocenters. The van der Waals surface area contributed by atoms with Gasteiger partial charge >= 0.3 is 0 Å². The van der Waals surface area contributed by atoms with Gasteiger partial charge in [0.1, 0.15) is 0 Å². The average molecular weight is 487 g/mol. The van der Waals surface area contributed by atoms with Gasteiger partial charge in [-0.05, 0) is 68.6 Å². The topological polar surface area (TPSA) is 71.3 Å². The number of carbonyl (C=O) groups is 1. The van der Waals surface area contributed by atoms with E-state index in [0.29, 0.717) is 33.9 Å². The summed E-state index contributed by atoms with van der Waals surface area (Å²) < 4.78 is 5.44. The SMILES string of the molecule is CCC(NC(=O)C1CCN(Cc2nc(-c3ccc(Cl)cc3Cl)no2)CC1)c1ccccc1C. The molecule has 0 bridgehead atoms. The highest BCUT2D eigenvalue weighted by Crippen LogP contribution is 2.29. The molecular weight excluding hydrogens is 459 g/mol. The van der Waals surface area contributed by atoms with Gasteiger partial charge in [0.2, 0.25) is 17.6 Å². The number of halogens is 2. The predicted octanol–water partition coefficient (Wildman–Crippen LogP) is 5.83. The summed E-state index contributed by atoms with van der Waals surface area (Å²) in [4.78, 5) is 19.7. The molecule has 1 atom stereocenters. The zero-order valence-electron chi connectivity index (χ0n) is 18.9. The zero-order chi connectivity index (χ0) is 23.4. The number of likely N-dealkylation sites (tertiary alicyclic amines) is 1. The predicted molar refractivity (Wildman–Crippen MR) is 130 cm³/mol. The van der Waals surface area contributed by atoms with Gasteiger partial charge in [-0.2, -0.15) is 4.98 Å². The van der Waals surface area contributed by atoms with E-state index in [1.165, 1.54) is 11.1 Å². The Labute approximate surface area is 204 Å². The molecule has 0 aliphatic carbocycles. The number of aromatic nitrogens is 2. The number of hydrogen-bond acceptors (Lipinski definition) is 5. The van der Waals surface area contributed by atoms with E-state index in [4.69, 9.17) is 27.7 Å². The minimum Gasteiger partial charge on any atom is -0.349 e. The number of nitrogens with zero attached hydrogens (tertiary/aromatic N) is 3. The highest BCUT2D eigenvalue weighted by atomic mass is 35.5. The van der Waals surface area contributed by atoms with E-state index in [2.05, 4.69) is 46.3 Å². The molecule has 1 N–H and O–H groups in total. The number of nitrogens with one attached hydrogen (secondary N) is 1. The number of rotatable bonds is 7. The van der Waals surface area contributed by atoms with Gasteiger partial charge < -0.3 is 9.84 Å². The maximum Gasteiger partial charge on any atom is 0.241 e. The molecule has 2 heterocycles. The second-order valence-electron chi connectivity index (χ2n) is 8.51. The number of carbonyl (C=O) groups excluding carboxylic acids is 1. The molecule has 2 aromatic carbocycles. The molecule has 1 aliphatic heterocycles. The van der Waals surface area contributed by atoms with Crippen LogP contribution < -0.4 is 5.32 Å². The van der Waals surface area contributed by atoms with E-state index in [0.717, 1.165) is 32.4 Å². The van der Waals surface area contributed by atoms with Gasteiger partial charge in [-0.15, -0.1) is 0 Å². The maximum absolute atomic E-state index is 12.9. The van der Waals surface area contributed by atoms with Gasteiger partial charge in [0, 0.05) is 16.5 Å². The van der Waals surface area contributed by atoms with Crippen molar-refractivity contribution in [3.63, 3.8) is 0 Å². The molecule has 8 heteroatoms. The molecule has 6 nitrogen and oxygen atoms in total. The Hall–Kier alpha value is -2.41. The zero-order valence-corrected chi connectivity index (χ0v) is 20.4. The fraction of sp³-hybridized carbons (Fsp3) is 0.400. The first-order valence-corrected chi connectivity index (χ1v) is 12.1. The van der Waals surface area contributed by atoms with Crippen LogP contribution in [-0.4, -0.2) is 34.0 Å². The lowest BCUT2D eigenvalue weighted by atomic mass is 9.94. The fourth-order valence-electron chi connectivity index (χ4n) is 4.31. The Bertz CT molecular complexity index is 1110. The minimum atomic E-state index is 0.0189. The summed E-state index contributed by atoms with van der Waals surface area (Å²) in [6, 6.07) is 13.5.